The van der Waals surface area contributed by atoms with Gasteiger partial charge >= 0.3 is 0 Å². The Bertz CT molecular complexity index is 293. The van der Waals surface area contributed by atoms with E-state index < -0.39 is 0 Å². The molecule has 14 heavy (non-hydrogen) atoms. The number of hydrogen-bond donors (Lipinski definition) is 0. The molecule has 2 atom stereocenters. The van der Waals surface area contributed by atoms with Crippen LogP contribution < -0.4 is 0 Å². The van der Waals surface area contributed by atoms with Gasteiger partial charge in [0.2, 0.25) is 0 Å². The first-order valence-electron chi connectivity index (χ1n) is 5.09. The Morgan fingerprint density at radius 1 is 1.64 bits per heavy atom. The largest absolute Gasteiger partial charge is 0.338 e. The second kappa shape index (κ2) is 4.94. The van der Waals surface area contributed by atoms with E-state index in [0.717, 1.165) is 19.1 Å². The van der Waals surface area contributed by atoms with E-state index in [0.29, 0.717) is 5.92 Å². The highest BCUT2D eigenvalue weighted by atomic mass is 16.1. The zero-order chi connectivity index (χ0) is 10.6. The Kier molecular flexibility index (Phi) is 3.86. The highest BCUT2D eigenvalue weighted by molar-refractivity contribution is 5.53. The Balaban J connectivity index is 2.60. The van der Waals surface area contributed by atoms with Gasteiger partial charge in [0.15, 0.2) is 0 Å². The van der Waals surface area contributed by atoms with Crippen molar-refractivity contribution in [3.05, 3.63) is 18.2 Å². The molecule has 3 nitrogen and oxygen atoms in total. The van der Waals surface area contributed by atoms with Crippen LogP contribution in [0.2, 0.25) is 0 Å². The summed E-state index contributed by atoms with van der Waals surface area (Å²) in [5, 5.41) is 0. The van der Waals surface area contributed by atoms with Crippen molar-refractivity contribution in [1.82, 2.24) is 9.55 Å². The fourth-order valence-corrected chi connectivity index (χ4v) is 1.70. The van der Waals surface area contributed by atoms with Gasteiger partial charge in [0.05, 0.1) is 6.33 Å². The van der Waals surface area contributed by atoms with Gasteiger partial charge in [-0.25, -0.2) is 4.98 Å². The van der Waals surface area contributed by atoms with Crippen LogP contribution in [0.5, 0.6) is 0 Å². The summed E-state index contributed by atoms with van der Waals surface area (Å²) in [4.78, 5) is 14.8. The van der Waals surface area contributed by atoms with Crippen molar-refractivity contribution in [2.45, 2.75) is 26.7 Å². The lowest BCUT2D eigenvalue weighted by molar-refractivity contribution is -0.112. The van der Waals surface area contributed by atoms with Crippen molar-refractivity contribution in [2.24, 2.45) is 18.9 Å². The molecule has 0 bridgehead atoms. The number of carbonyl (C=O) groups is 1. The predicted molar refractivity (Wildman–Crippen MR) is 55.9 cm³/mol. The molecule has 0 aliphatic heterocycles. The fourth-order valence-electron chi connectivity index (χ4n) is 1.70. The van der Waals surface area contributed by atoms with E-state index in [-0.39, 0.29) is 5.92 Å². The quantitative estimate of drug-likeness (QED) is 0.670. The number of carbonyl (C=O) groups excluding carboxylic acids is 1. The minimum atomic E-state index is 0.171. The second-order valence-electron chi connectivity index (χ2n) is 3.89. The van der Waals surface area contributed by atoms with Crippen LogP contribution in [0.4, 0.5) is 0 Å². The van der Waals surface area contributed by atoms with E-state index in [1.165, 1.54) is 5.69 Å². The zero-order valence-corrected chi connectivity index (χ0v) is 9.10. The molecular weight excluding hydrogens is 176 g/mol. The molecule has 0 aliphatic rings. The van der Waals surface area contributed by atoms with Crippen molar-refractivity contribution in [1.29, 1.82) is 0 Å². The van der Waals surface area contributed by atoms with Gasteiger partial charge in [0.25, 0.3) is 0 Å². The molecule has 0 spiro atoms. The topological polar surface area (TPSA) is 34.9 Å². The maximum atomic E-state index is 10.8. The summed E-state index contributed by atoms with van der Waals surface area (Å²) in [6.45, 7) is 4.17. The van der Waals surface area contributed by atoms with Gasteiger partial charge in [-0.2, -0.15) is 0 Å². The Labute approximate surface area is 85.2 Å². The highest BCUT2D eigenvalue weighted by Crippen LogP contribution is 2.17. The third-order valence-corrected chi connectivity index (χ3v) is 2.82. The lowest BCUT2D eigenvalue weighted by Crippen LogP contribution is -2.16. The first-order chi connectivity index (χ1) is 6.69. The third kappa shape index (κ3) is 2.44. The summed E-state index contributed by atoms with van der Waals surface area (Å²) < 4.78 is 2.01. The maximum Gasteiger partial charge on any atom is 0.123 e. The molecule has 1 heterocycles. The zero-order valence-electron chi connectivity index (χ0n) is 9.10. The summed E-state index contributed by atoms with van der Waals surface area (Å²) in [5.41, 5.74) is 1.19. The van der Waals surface area contributed by atoms with Crippen LogP contribution in [0.3, 0.4) is 0 Å². The van der Waals surface area contributed by atoms with E-state index in [4.69, 9.17) is 0 Å². The number of aryl methyl sites for hydroxylation is 1. The monoisotopic (exact) mass is 194 g/mol. The minimum absolute atomic E-state index is 0.171. The smallest absolute Gasteiger partial charge is 0.123 e. The van der Waals surface area contributed by atoms with Crippen LogP contribution in [0.25, 0.3) is 0 Å². The fraction of sp³-hybridized carbons (Fsp3) is 0.636. The Morgan fingerprint density at radius 3 is 2.79 bits per heavy atom. The number of aldehydes is 1. The third-order valence-electron chi connectivity index (χ3n) is 2.82. The summed E-state index contributed by atoms with van der Waals surface area (Å²) in [5.74, 6) is 0.567. The Hall–Kier alpha value is -1.12. The molecule has 78 valence electrons. The standard InChI is InChI=1S/C11H18N2O/c1-4-10(7-14)9(2)5-11-6-12-8-13(11)3/h6-10H,4-5H2,1-3H3/t9-,10-/m1/s1. The summed E-state index contributed by atoms with van der Waals surface area (Å²) in [6.07, 6.45) is 6.58. The van der Waals surface area contributed by atoms with Crippen LogP contribution >= 0.6 is 0 Å². The Morgan fingerprint density at radius 2 is 2.36 bits per heavy atom. The van der Waals surface area contributed by atoms with Gasteiger partial charge < -0.3 is 9.36 Å². The van der Waals surface area contributed by atoms with Gasteiger partial charge in [-0.15, -0.1) is 0 Å². The van der Waals surface area contributed by atoms with E-state index in [2.05, 4.69) is 18.8 Å². The number of imidazole rings is 1. The summed E-state index contributed by atoms with van der Waals surface area (Å²) in [7, 11) is 1.98. The summed E-state index contributed by atoms with van der Waals surface area (Å²) in [6, 6.07) is 0. The molecule has 0 fully saturated rings. The normalized spacial score (nSPS) is 15.1. The first kappa shape index (κ1) is 11.0. The van der Waals surface area contributed by atoms with Crippen molar-refractivity contribution in [3.63, 3.8) is 0 Å². The number of aromatic nitrogens is 2. The highest BCUT2D eigenvalue weighted by Gasteiger charge is 2.15. The van der Waals surface area contributed by atoms with Crippen LogP contribution in [-0.2, 0) is 18.3 Å². The second-order valence-corrected chi connectivity index (χ2v) is 3.89. The van der Waals surface area contributed by atoms with Gasteiger partial charge in [-0.05, 0) is 18.8 Å². The van der Waals surface area contributed by atoms with Crippen molar-refractivity contribution in [2.75, 3.05) is 0 Å². The molecule has 0 radical (unpaired) electrons. The average molecular weight is 194 g/mol. The summed E-state index contributed by atoms with van der Waals surface area (Å²) >= 11 is 0. The molecular formula is C11H18N2O. The number of hydrogen-bond acceptors (Lipinski definition) is 2. The van der Waals surface area contributed by atoms with Crippen molar-refractivity contribution in [3.8, 4) is 0 Å². The van der Waals surface area contributed by atoms with Crippen LogP contribution in [0.1, 0.15) is 26.0 Å². The molecule has 0 N–H and O–H groups in total. The SMILES string of the molecule is CC[C@H](C=O)[C@H](C)Cc1cncn1C. The van der Waals surface area contributed by atoms with E-state index in [9.17, 15) is 4.79 Å². The van der Waals surface area contributed by atoms with E-state index in [1.54, 1.807) is 6.33 Å². The lowest BCUT2D eigenvalue weighted by Gasteiger charge is -2.16. The molecule has 0 unspecified atom stereocenters. The van der Waals surface area contributed by atoms with Crippen molar-refractivity contribution >= 4 is 6.29 Å². The van der Waals surface area contributed by atoms with Gasteiger partial charge in [0, 0.05) is 24.9 Å². The van der Waals surface area contributed by atoms with Crippen LogP contribution in [0.15, 0.2) is 12.5 Å². The van der Waals surface area contributed by atoms with Crippen LogP contribution in [0, 0.1) is 11.8 Å². The molecule has 0 saturated carbocycles. The first-order valence-corrected chi connectivity index (χ1v) is 5.09. The average Bonchev–Trinajstić information content (AvgIpc) is 2.54. The number of rotatable bonds is 5. The van der Waals surface area contributed by atoms with Crippen molar-refractivity contribution < 1.29 is 4.79 Å². The van der Waals surface area contributed by atoms with Gasteiger partial charge in [-0.3, -0.25) is 0 Å². The molecule has 0 aromatic carbocycles. The maximum absolute atomic E-state index is 10.8. The molecule has 1 rings (SSSR count). The molecule has 0 saturated heterocycles. The van der Waals surface area contributed by atoms with Crippen LogP contribution in [-0.4, -0.2) is 15.8 Å². The molecule has 0 aliphatic carbocycles. The lowest BCUT2D eigenvalue weighted by atomic mass is 9.89. The molecule has 0 amide bonds. The molecule has 3 heteroatoms. The van der Waals surface area contributed by atoms with Gasteiger partial charge in [-0.1, -0.05) is 13.8 Å². The van der Waals surface area contributed by atoms with E-state index in [1.807, 2.05) is 17.8 Å². The van der Waals surface area contributed by atoms with E-state index >= 15 is 0 Å². The predicted octanol–water partition coefficient (Wildman–Crippen LogP) is 1.82. The minimum Gasteiger partial charge on any atom is -0.338 e. The molecule has 1 aromatic rings. The molecule has 1 aromatic heterocycles. The number of nitrogens with zero attached hydrogens (tertiary/aromatic N) is 2. The van der Waals surface area contributed by atoms with Gasteiger partial charge in [0.1, 0.15) is 6.29 Å².